The molecule has 0 bridgehead atoms. The molecule has 0 spiro atoms. The molecule has 0 aliphatic rings. The van der Waals surface area contributed by atoms with E-state index in [1.54, 1.807) is 12.1 Å². The first-order valence-corrected chi connectivity index (χ1v) is 3.77. The Kier molecular flexibility index (Phi) is 1.62. The summed E-state index contributed by atoms with van der Waals surface area (Å²) in [6.07, 6.45) is 0. The minimum Gasteiger partial charge on any atom is -0.492 e. The van der Waals surface area contributed by atoms with E-state index in [1.165, 1.54) is 24.0 Å². The molecule has 13 heavy (non-hydrogen) atoms. The van der Waals surface area contributed by atoms with Crippen molar-refractivity contribution >= 4 is 10.9 Å². The van der Waals surface area contributed by atoms with Crippen LogP contribution in [-0.2, 0) is 0 Å². The van der Waals surface area contributed by atoms with Crippen LogP contribution in [0.5, 0.6) is 5.88 Å². The maximum Gasteiger partial charge on any atom is 0.226 e. The Bertz CT molecular complexity index is 450. The second-order valence-electron chi connectivity index (χ2n) is 2.65. The molecule has 68 valence electrons. The average molecular weight is 181 g/mol. The van der Waals surface area contributed by atoms with Gasteiger partial charge in [0, 0.05) is 11.5 Å². The van der Waals surface area contributed by atoms with Crippen LogP contribution in [0.15, 0.2) is 24.3 Å². The lowest BCUT2D eigenvalue weighted by Gasteiger charge is -2.02. The first-order chi connectivity index (χ1) is 6.24. The largest absolute Gasteiger partial charge is 0.492 e. The molecular weight excluding hydrogens is 173 g/mol. The molecule has 0 fully saturated rings. The van der Waals surface area contributed by atoms with Gasteiger partial charge in [0.1, 0.15) is 12.9 Å². The molecule has 2 rings (SSSR count). The van der Waals surface area contributed by atoms with Gasteiger partial charge in [0.2, 0.25) is 5.88 Å². The first kappa shape index (κ1) is 7.91. The summed E-state index contributed by atoms with van der Waals surface area (Å²) < 4.78 is 14.3. The predicted molar refractivity (Wildman–Crippen MR) is 46.1 cm³/mol. The number of nitrogens with zero attached hydrogens (tertiary/aromatic N) is 1. The fraction of sp³-hybridized carbons (Fsp3) is 0.111. The molecule has 2 aromatic rings. The Hall–Kier alpha value is -1.71. The van der Waals surface area contributed by atoms with Crippen molar-refractivity contribution in [1.82, 2.24) is 4.73 Å². The number of aromatic hydroxyl groups is 1. The number of benzene rings is 1. The van der Waals surface area contributed by atoms with Gasteiger partial charge in [-0.25, -0.2) is 4.39 Å². The fourth-order valence-electron chi connectivity index (χ4n) is 1.35. The third-order valence-corrected chi connectivity index (χ3v) is 1.91. The molecule has 1 N–H and O–H groups in total. The lowest BCUT2D eigenvalue weighted by Crippen LogP contribution is -2.03. The van der Waals surface area contributed by atoms with Crippen molar-refractivity contribution in [1.29, 1.82) is 0 Å². The molecule has 1 heterocycles. The van der Waals surface area contributed by atoms with Crippen LogP contribution in [0.1, 0.15) is 0 Å². The molecule has 1 aromatic carbocycles. The van der Waals surface area contributed by atoms with Gasteiger partial charge < -0.3 is 9.94 Å². The summed E-state index contributed by atoms with van der Waals surface area (Å²) in [5, 5.41) is 9.68. The minimum atomic E-state index is -0.372. The highest BCUT2D eigenvalue weighted by Gasteiger charge is 2.10. The molecule has 0 unspecified atom stereocenters. The number of hydrogen-bond donors (Lipinski definition) is 1. The van der Waals surface area contributed by atoms with Gasteiger partial charge in [0.05, 0.1) is 5.52 Å². The smallest absolute Gasteiger partial charge is 0.226 e. The monoisotopic (exact) mass is 181 g/mol. The van der Waals surface area contributed by atoms with Crippen LogP contribution in [0, 0.1) is 5.82 Å². The van der Waals surface area contributed by atoms with Crippen molar-refractivity contribution in [3.8, 4) is 5.88 Å². The van der Waals surface area contributed by atoms with E-state index in [-0.39, 0.29) is 11.7 Å². The molecule has 0 atom stereocenters. The molecule has 0 saturated carbocycles. The highest BCUT2D eigenvalue weighted by Crippen LogP contribution is 2.24. The summed E-state index contributed by atoms with van der Waals surface area (Å²) in [5.41, 5.74) is 0.514. The third-order valence-electron chi connectivity index (χ3n) is 1.91. The molecule has 0 aliphatic carbocycles. The lowest BCUT2D eigenvalue weighted by atomic mass is 10.2. The standard InChI is InChI=1S/C9H8FNO2/c1-13-11-8-4-2-3-7(10)6(8)5-9(11)12/h2-5,12H,1H3. The van der Waals surface area contributed by atoms with Crippen LogP contribution >= 0.6 is 0 Å². The van der Waals surface area contributed by atoms with Crippen LogP contribution in [0.2, 0.25) is 0 Å². The van der Waals surface area contributed by atoms with Crippen LogP contribution in [0.4, 0.5) is 4.39 Å². The number of halogens is 1. The maximum atomic E-state index is 13.1. The molecule has 0 amide bonds. The van der Waals surface area contributed by atoms with Crippen LogP contribution in [0.3, 0.4) is 0 Å². The summed E-state index contributed by atoms with van der Waals surface area (Å²) in [5.74, 6) is -0.480. The minimum absolute atomic E-state index is 0.109. The molecule has 3 nitrogen and oxygen atoms in total. The molecule has 4 heteroatoms. The number of aromatic nitrogens is 1. The fourth-order valence-corrected chi connectivity index (χ4v) is 1.35. The Balaban J connectivity index is 2.86. The van der Waals surface area contributed by atoms with Gasteiger partial charge in [0.15, 0.2) is 0 Å². The van der Waals surface area contributed by atoms with Crippen molar-refractivity contribution in [2.45, 2.75) is 0 Å². The predicted octanol–water partition coefficient (Wildman–Crippen LogP) is 1.54. The first-order valence-electron chi connectivity index (χ1n) is 3.77. The zero-order valence-electron chi connectivity index (χ0n) is 6.99. The van der Waals surface area contributed by atoms with E-state index in [2.05, 4.69) is 0 Å². The lowest BCUT2D eigenvalue weighted by molar-refractivity contribution is 0.152. The van der Waals surface area contributed by atoms with Gasteiger partial charge in [-0.2, -0.15) is 0 Å². The van der Waals surface area contributed by atoms with E-state index in [4.69, 9.17) is 4.84 Å². The van der Waals surface area contributed by atoms with Gasteiger partial charge in [-0.05, 0) is 12.1 Å². The van der Waals surface area contributed by atoms with E-state index in [0.717, 1.165) is 0 Å². The molecular formula is C9H8FNO2. The zero-order valence-corrected chi connectivity index (χ0v) is 6.99. The number of hydrogen-bond acceptors (Lipinski definition) is 2. The summed E-state index contributed by atoms with van der Waals surface area (Å²) in [6.45, 7) is 0. The Morgan fingerprint density at radius 1 is 1.46 bits per heavy atom. The van der Waals surface area contributed by atoms with Gasteiger partial charge in [0.25, 0.3) is 0 Å². The maximum absolute atomic E-state index is 13.1. The average Bonchev–Trinajstić information content (AvgIpc) is 2.43. The Morgan fingerprint density at radius 3 is 2.92 bits per heavy atom. The Labute approximate surface area is 73.9 Å². The summed E-state index contributed by atoms with van der Waals surface area (Å²) >= 11 is 0. The molecule has 0 aliphatic heterocycles. The van der Waals surface area contributed by atoms with E-state index in [1.807, 2.05) is 0 Å². The van der Waals surface area contributed by atoms with Crippen molar-refractivity contribution in [2.75, 3.05) is 7.11 Å². The van der Waals surface area contributed by atoms with E-state index in [9.17, 15) is 9.50 Å². The van der Waals surface area contributed by atoms with Gasteiger partial charge in [-0.1, -0.05) is 6.07 Å². The van der Waals surface area contributed by atoms with Crippen molar-refractivity contribution < 1.29 is 14.3 Å². The Morgan fingerprint density at radius 2 is 2.23 bits per heavy atom. The highest BCUT2D eigenvalue weighted by atomic mass is 19.1. The van der Waals surface area contributed by atoms with Crippen LogP contribution in [-0.4, -0.2) is 16.9 Å². The van der Waals surface area contributed by atoms with Gasteiger partial charge in [-0.3, -0.25) is 0 Å². The number of rotatable bonds is 1. The molecule has 1 aromatic heterocycles. The summed E-state index contributed by atoms with van der Waals surface area (Å²) in [6, 6.07) is 5.89. The van der Waals surface area contributed by atoms with E-state index >= 15 is 0 Å². The highest BCUT2D eigenvalue weighted by molar-refractivity contribution is 5.82. The van der Waals surface area contributed by atoms with E-state index < -0.39 is 0 Å². The van der Waals surface area contributed by atoms with Crippen molar-refractivity contribution in [3.63, 3.8) is 0 Å². The van der Waals surface area contributed by atoms with Gasteiger partial charge in [-0.15, -0.1) is 4.73 Å². The second-order valence-corrected chi connectivity index (χ2v) is 2.65. The normalized spacial score (nSPS) is 10.6. The third kappa shape index (κ3) is 1.02. The second kappa shape index (κ2) is 2.65. The molecule has 0 radical (unpaired) electrons. The molecule has 0 saturated heterocycles. The topological polar surface area (TPSA) is 34.4 Å². The summed E-state index contributed by atoms with van der Waals surface area (Å²) in [4.78, 5) is 4.85. The van der Waals surface area contributed by atoms with Crippen molar-refractivity contribution in [3.05, 3.63) is 30.1 Å². The number of fused-ring (bicyclic) bond motifs is 1. The van der Waals surface area contributed by atoms with Gasteiger partial charge >= 0.3 is 0 Å². The quantitative estimate of drug-likeness (QED) is 0.724. The zero-order chi connectivity index (χ0) is 9.42. The van der Waals surface area contributed by atoms with Crippen LogP contribution in [0.25, 0.3) is 10.9 Å². The van der Waals surface area contributed by atoms with E-state index in [0.29, 0.717) is 10.9 Å². The van der Waals surface area contributed by atoms with Crippen LogP contribution < -0.4 is 4.84 Å². The van der Waals surface area contributed by atoms with Crippen molar-refractivity contribution in [2.24, 2.45) is 0 Å². The SMILES string of the molecule is COn1c(O)cc2c(F)cccc21. The summed E-state index contributed by atoms with van der Waals surface area (Å²) in [7, 11) is 1.41.